The highest BCUT2D eigenvalue weighted by atomic mass is 28.3. The maximum Gasteiger partial charge on any atom is 0.165 e. The van der Waals surface area contributed by atoms with Crippen LogP contribution in [0.3, 0.4) is 0 Å². The van der Waals surface area contributed by atoms with Crippen LogP contribution in [0.2, 0.25) is 19.6 Å². The Kier molecular flexibility index (Phi) is 3.84. The summed E-state index contributed by atoms with van der Waals surface area (Å²) in [6.07, 6.45) is 0.786. The number of hydrogen-bond acceptors (Lipinski definition) is 2. The lowest BCUT2D eigenvalue weighted by atomic mass is 9.80. The predicted octanol–water partition coefficient (Wildman–Crippen LogP) is 3.36. The molecule has 1 atom stereocenters. The van der Waals surface area contributed by atoms with Crippen molar-refractivity contribution in [2.45, 2.75) is 39.9 Å². The highest BCUT2D eigenvalue weighted by Gasteiger charge is 2.47. The normalized spacial score (nSPS) is 25.6. The fraction of sp³-hybridized carbons (Fsp3) is 0.643. The highest BCUT2D eigenvalue weighted by molar-refractivity contribution is 6.87. The molecule has 1 unspecified atom stereocenters. The molecule has 2 nitrogen and oxygen atoms in total. The molecular weight excluding hydrogens is 228 g/mol. The zero-order chi connectivity index (χ0) is 13.4. The van der Waals surface area contributed by atoms with Gasteiger partial charge in [-0.25, -0.2) is 0 Å². The highest BCUT2D eigenvalue weighted by Crippen LogP contribution is 2.45. The molecule has 0 spiro atoms. The SMILES string of the molecule is C=C(C)C1(C)CC(COC)=C([Si](C)(C)C)C1=O. The van der Waals surface area contributed by atoms with Gasteiger partial charge in [0.1, 0.15) is 0 Å². The number of allylic oxidation sites excluding steroid dienone is 2. The first-order valence-electron chi connectivity index (χ1n) is 6.07. The van der Waals surface area contributed by atoms with Gasteiger partial charge in [-0.05, 0) is 31.0 Å². The molecule has 0 aromatic rings. The van der Waals surface area contributed by atoms with Crippen molar-refractivity contribution < 1.29 is 9.53 Å². The van der Waals surface area contributed by atoms with Gasteiger partial charge in [-0.1, -0.05) is 31.8 Å². The lowest BCUT2D eigenvalue weighted by molar-refractivity contribution is -0.120. The Bertz CT molecular complexity index is 388. The number of carbonyl (C=O) groups excluding carboxylic acids is 1. The Hall–Kier alpha value is -0.673. The first kappa shape index (κ1) is 14.4. The summed E-state index contributed by atoms with van der Waals surface area (Å²) in [5.74, 6) is 0.288. The van der Waals surface area contributed by atoms with E-state index in [0.29, 0.717) is 6.61 Å². The van der Waals surface area contributed by atoms with Crippen molar-refractivity contribution in [1.29, 1.82) is 0 Å². The zero-order valence-corrected chi connectivity index (χ0v) is 12.9. The van der Waals surface area contributed by atoms with Crippen molar-refractivity contribution >= 4 is 13.9 Å². The van der Waals surface area contributed by atoms with Crippen molar-refractivity contribution in [3.8, 4) is 0 Å². The first-order valence-corrected chi connectivity index (χ1v) is 9.57. The average Bonchev–Trinajstić information content (AvgIpc) is 2.39. The van der Waals surface area contributed by atoms with Gasteiger partial charge < -0.3 is 4.74 Å². The number of methoxy groups -OCH3 is 1. The van der Waals surface area contributed by atoms with Crippen molar-refractivity contribution in [2.24, 2.45) is 5.41 Å². The topological polar surface area (TPSA) is 26.3 Å². The van der Waals surface area contributed by atoms with E-state index in [1.54, 1.807) is 7.11 Å². The molecule has 0 aromatic carbocycles. The molecule has 1 aliphatic carbocycles. The van der Waals surface area contributed by atoms with Crippen LogP contribution in [0.4, 0.5) is 0 Å². The van der Waals surface area contributed by atoms with Crippen LogP contribution in [0.15, 0.2) is 22.9 Å². The Morgan fingerprint density at radius 2 is 2.00 bits per heavy atom. The van der Waals surface area contributed by atoms with E-state index in [4.69, 9.17) is 4.74 Å². The van der Waals surface area contributed by atoms with Crippen LogP contribution in [-0.4, -0.2) is 27.6 Å². The van der Waals surface area contributed by atoms with Crippen molar-refractivity contribution in [2.75, 3.05) is 13.7 Å². The second kappa shape index (κ2) is 4.54. The van der Waals surface area contributed by atoms with Crippen LogP contribution in [-0.2, 0) is 9.53 Å². The summed E-state index contributed by atoms with van der Waals surface area (Å²) in [6, 6.07) is 0. The largest absolute Gasteiger partial charge is 0.380 e. The third-order valence-corrected chi connectivity index (χ3v) is 5.74. The van der Waals surface area contributed by atoms with E-state index in [-0.39, 0.29) is 5.78 Å². The molecule has 0 radical (unpaired) electrons. The van der Waals surface area contributed by atoms with E-state index < -0.39 is 13.5 Å². The van der Waals surface area contributed by atoms with Gasteiger partial charge in [0.15, 0.2) is 5.78 Å². The molecule has 0 aliphatic heterocycles. The molecule has 17 heavy (non-hydrogen) atoms. The van der Waals surface area contributed by atoms with Gasteiger partial charge in [0.2, 0.25) is 0 Å². The summed E-state index contributed by atoms with van der Waals surface area (Å²) in [5.41, 5.74) is 1.76. The number of ether oxygens (including phenoxy) is 1. The van der Waals surface area contributed by atoms with Crippen molar-refractivity contribution in [1.82, 2.24) is 0 Å². The van der Waals surface area contributed by atoms with Crippen LogP contribution in [0.1, 0.15) is 20.3 Å². The first-order chi connectivity index (χ1) is 7.64. The number of rotatable bonds is 4. The molecule has 0 heterocycles. The van der Waals surface area contributed by atoms with Gasteiger partial charge in [-0.15, -0.1) is 0 Å². The summed E-state index contributed by atoms with van der Waals surface area (Å²) in [6.45, 7) is 15.2. The third-order valence-electron chi connectivity index (χ3n) is 3.66. The van der Waals surface area contributed by atoms with E-state index in [0.717, 1.165) is 17.2 Å². The molecule has 3 heteroatoms. The second-order valence-electron chi connectivity index (χ2n) is 6.28. The van der Waals surface area contributed by atoms with E-state index >= 15 is 0 Å². The quantitative estimate of drug-likeness (QED) is 0.566. The molecule has 0 amide bonds. The molecule has 0 saturated heterocycles. The predicted molar refractivity (Wildman–Crippen MR) is 74.8 cm³/mol. The maximum absolute atomic E-state index is 12.7. The van der Waals surface area contributed by atoms with Gasteiger partial charge in [0, 0.05) is 7.11 Å². The third kappa shape index (κ3) is 2.45. The van der Waals surface area contributed by atoms with E-state index in [1.165, 1.54) is 5.57 Å². The Morgan fingerprint density at radius 1 is 1.47 bits per heavy atom. The molecular formula is C14H24O2Si. The van der Waals surface area contributed by atoms with Crippen LogP contribution in [0, 0.1) is 5.41 Å². The number of Topliss-reactive ketones (excluding diaryl/α,β-unsaturated/α-hetero) is 1. The summed E-state index contributed by atoms with van der Waals surface area (Å²) in [7, 11) is 0.0770. The van der Waals surface area contributed by atoms with Crippen LogP contribution in [0.25, 0.3) is 0 Å². The second-order valence-corrected chi connectivity index (χ2v) is 11.3. The number of carbonyl (C=O) groups is 1. The van der Waals surface area contributed by atoms with Gasteiger partial charge in [-0.2, -0.15) is 0 Å². The monoisotopic (exact) mass is 252 g/mol. The lowest BCUT2D eigenvalue weighted by Crippen LogP contribution is -2.34. The molecule has 1 rings (SSSR count). The van der Waals surface area contributed by atoms with Crippen LogP contribution < -0.4 is 0 Å². The van der Waals surface area contributed by atoms with Crippen LogP contribution >= 0.6 is 0 Å². The molecule has 1 aliphatic rings. The molecule has 0 saturated carbocycles. The Balaban J connectivity index is 3.25. The Labute approximate surface area is 106 Å². The van der Waals surface area contributed by atoms with E-state index in [1.807, 2.05) is 13.8 Å². The Morgan fingerprint density at radius 3 is 2.35 bits per heavy atom. The van der Waals surface area contributed by atoms with E-state index in [2.05, 4.69) is 26.2 Å². The maximum atomic E-state index is 12.7. The average molecular weight is 252 g/mol. The summed E-state index contributed by atoms with van der Waals surface area (Å²) in [4.78, 5) is 12.7. The van der Waals surface area contributed by atoms with Crippen molar-refractivity contribution in [3.63, 3.8) is 0 Å². The van der Waals surface area contributed by atoms with Gasteiger partial charge in [0.25, 0.3) is 0 Å². The fourth-order valence-electron chi connectivity index (χ4n) is 2.54. The summed E-state index contributed by atoms with van der Waals surface area (Å²) in [5, 5.41) is 1.07. The van der Waals surface area contributed by atoms with Gasteiger partial charge in [0.05, 0.1) is 20.1 Å². The molecule has 0 bridgehead atoms. The van der Waals surface area contributed by atoms with Crippen LogP contribution in [0.5, 0.6) is 0 Å². The standard InChI is InChI=1S/C14H24O2Si/c1-10(2)14(3)8-11(9-16-4)12(13(14)15)17(5,6)7/h1,8-9H2,2-7H3. The molecule has 0 aromatic heterocycles. The van der Waals surface area contributed by atoms with Crippen molar-refractivity contribution in [3.05, 3.63) is 22.9 Å². The number of hydrogen-bond donors (Lipinski definition) is 0. The zero-order valence-electron chi connectivity index (χ0n) is 11.9. The minimum absolute atomic E-state index is 0.288. The van der Waals surface area contributed by atoms with Gasteiger partial charge in [-0.3, -0.25) is 4.79 Å². The minimum Gasteiger partial charge on any atom is -0.380 e. The summed E-state index contributed by atoms with van der Waals surface area (Å²) < 4.78 is 5.26. The molecule has 0 N–H and O–H groups in total. The lowest BCUT2D eigenvalue weighted by Gasteiger charge is -2.25. The molecule has 0 fully saturated rings. The van der Waals surface area contributed by atoms with E-state index in [9.17, 15) is 4.79 Å². The number of ketones is 1. The minimum atomic E-state index is -1.61. The fourth-order valence-corrected chi connectivity index (χ4v) is 4.72. The van der Waals surface area contributed by atoms with Gasteiger partial charge >= 0.3 is 0 Å². The smallest absolute Gasteiger partial charge is 0.165 e. The summed E-state index contributed by atoms with van der Waals surface area (Å²) >= 11 is 0. The molecule has 96 valence electrons.